The van der Waals surface area contributed by atoms with E-state index in [2.05, 4.69) is 16.7 Å². The summed E-state index contributed by atoms with van der Waals surface area (Å²) >= 11 is 14.7. The van der Waals surface area contributed by atoms with E-state index in [0.29, 0.717) is 0 Å². The van der Waals surface area contributed by atoms with E-state index in [0.717, 1.165) is 14.9 Å². The molecule has 0 spiro atoms. The van der Waals surface area contributed by atoms with Crippen LogP contribution in [0.5, 0.6) is 0 Å². The average molecular weight is 324 g/mol. The maximum absolute atomic E-state index is 5.89. The lowest BCUT2D eigenvalue weighted by molar-refractivity contribution is 0.936. The highest BCUT2D eigenvalue weighted by Crippen LogP contribution is 2.27. The maximum atomic E-state index is 5.89. The van der Waals surface area contributed by atoms with Crippen LogP contribution in [0.1, 0.15) is 0 Å². The predicted octanol–water partition coefficient (Wildman–Crippen LogP) is 5.84. The molecule has 1 nitrogen and oxygen atoms in total. The van der Waals surface area contributed by atoms with Gasteiger partial charge in [-0.3, -0.25) is 0 Å². The van der Waals surface area contributed by atoms with Crippen molar-refractivity contribution in [2.75, 3.05) is 0 Å². The van der Waals surface area contributed by atoms with E-state index in [1.54, 1.807) is 23.1 Å². The lowest BCUT2D eigenvalue weighted by Crippen LogP contribution is -1.93. The Labute approximate surface area is 129 Å². The second-order valence-electron chi connectivity index (χ2n) is 3.99. The first-order chi connectivity index (χ1) is 9.24. The second-order valence-corrected chi connectivity index (χ2v) is 7.12. The molecular weight excluding hydrogens is 314 g/mol. The largest absolute Gasteiger partial charge is 0.313 e. The number of hydrogen-bond acceptors (Lipinski definition) is 3. The molecule has 0 aliphatic heterocycles. The van der Waals surface area contributed by atoms with Crippen molar-refractivity contribution in [2.24, 2.45) is 0 Å². The molecule has 0 saturated heterocycles. The Morgan fingerprint density at radius 2 is 1.84 bits per heavy atom. The van der Waals surface area contributed by atoms with Crippen molar-refractivity contribution in [3.05, 3.63) is 57.5 Å². The van der Waals surface area contributed by atoms with Gasteiger partial charge in [-0.05, 0) is 48.6 Å². The van der Waals surface area contributed by atoms with Crippen LogP contribution >= 0.6 is 46.9 Å². The van der Waals surface area contributed by atoms with Crippen molar-refractivity contribution in [1.29, 1.82) is 0 Å². The van der Waals surface area contributed by atoms with Crippen LogP contribution in [0, 0.1) is 3.95 Å². The highest BCUT2D eigenvalue weighted by molar-refractivity contribution is 7.98. The number of halogens is 1. The fourth-order valence-corrected chi connectivity index (χ4v) is 4.29. The van der Waals surface area contributed by atoms with Crippen LogP contribution in [0.3, 0.4) is 0 Å². The van der Waals surface area contributed by atoms with Crippen LogP contribution in [0.4, 0.5) is 0 Å². The molecule has 0 amide bonds. The quantitative estimate of drug-likeness (QED) is 0.441. The number of aromatic nitrogens is 1. The summed E-state index contributed by atoms with van der Waals surface area (Å²) in [7, 11) is 0. The first-order valence-corrected chi connectivity index (χ1v) is 8.29. The van der Waals surface area contributed by atoms with Crippen molar-refractivity contribution < 1.29 is 0 Å². The molecule has 0 N–H and O–H groups in total. The molecule has 5 heteroatoms. The summed E-state index contributed by atoms with van der Waals surface area (Å²) in [6, 6.07) is 16.2. The zero-order valence-corrected chi connectivity index (χ0v) is 13.1. The van der Waals surface area contributed by atoms with Crippen molar-refractivity contribution in [1.82, 2.24) is 4.57 Å². The van der Waals surface area contributed by atoms with Crippen molar-refractivity contribution in [3.8, 4) is 0 Å². The van der Waals surface area contributed by atoms with Gasteiger partial charge in [-0.1, -0.05) is 23.7 Å². The van der Waals surface area contributed by atoms with Crippen LogP contribution < -0.4 is 0 Å². The number of para-hydroxylation sites is 1. The summed E-state index contributed by atoms with van der Waals surface area (Å²) in [6.07, 6.45) is 0. The molecule has 0 unspecified atom stereocenters. The smallest absolute Gasteiger partial charge is 0.162 e. The molecule has 96 valence electrons. The Balaban J connectivity index is 1.87. The van der Waals surface area contributed by atoms with Crippen molar-refractivity contribution in [2.45, 2.75) is 10.8 Å². The number of rotatable bonds is 3. The van der Waals surface area contributed by atoms with Gasteiger partial charge in [0, 0.05) is 9.92 Å². The topological polar surface area (TPSA) is 4.93 Å². The van der Waals surface area contributed by atoms with Crippen LogP contribution in [0.2, 0.25) is 5.02 Å². The van der Waals surface area contributed by atoms with Gasteiger partial charge in [-0.2, -0.15) is 0 Å². The third-order valence-electron chi connectivity index (χ3n) is 2.75. The van der Waals surface area contributed by atoms with Crippen LogP contribution in [-0.4, -0.2) is 4.57 Å². The molecule has 1 aromatic heterocycles. The monoisotopic (exact) mass is 323 g/mol. The van der Waals surface area contributed by atoms with E-state index >= 15 is 0 Å². The van der Waals surface area contributed by atoms with E-state index in [9.17, 15) is 0 Å². The highest BCUT2D eigenvalue weighted by Gasteiger charge is 2.04. The summed E-state index contributed by atoms with van der Waals surface area (Å²) in [5.74, 6) is 0.824. The third kappa shape index (κ3) is 2.87. The highest BCUT2D eigenvalue weighted by atomic mass is 35.5. The lowest BCUT2D eigenvalue weighted by atomic mass is 10.3. The molecule has 3 aromatic rings. The van der Waals surface area contributed by atoms with Gasteiger partial charge in [0.15, 0.2) is 3.95 Å². The Hall–Kier alpha value is -0.810. The Bertz CT molecular complexity index is 758. The summed E-state index contributed by atoms with van der Waals surface area (Å²) < 4.78 is 4.33. The minimum absolute atomic E-state index is 0.766. The van der Waals surface area contributed by atoms with E-state index < -0.39 is 0 Å². The molecule has 0 atom stereocenters. The minimum atomic E-state index is 0.766. The second kappa shape index (κ2) is 5.67. The number of benzene rings is 2. The normalized spacial score (nSPS) is 11.0. The first-order valence-electron chi connectivity index (χ1n) is 5.71. The van der Waals surface area contributed by atoms with Gasteiger partial charge >= 0.3 is 0 Å². The Kier molecular flexibility index (Phi) is 3.93. The molecule has 0 aliphatic carbocycles. The number of fused-ring (bicyclic) bond motifs is 1. The van der Waals surface area contributed by atoms with Gasteiger partial charge in [-0.25, -0.2) is 0 Å². The zero-order valence-electron chi connectivity index (χ0n) is 9.88. The number of thiazole rings is 1. The average Bonchev–Trinajstić information content (AvgIpc) is 2.74. The fourth-order valence-electron chi connectivity index (χ4n) is 1.81. The molecule has 0 saturated carbocycles. The van der Waals surface area contributed by atoms with E-state index in [-0.39, 0.29) is 0 Å². The molecule has 0 aliphatic rings. The summed E-state index contributed by atoms with van der Waals surface area (Å²) in [5.41, 5.74) is 1.21. The number of hydrogen-bond donors (Lipinski definition) is 0. The van der Waals surface area contributed by atoms with E-state index in [1.165, 1.54) is 15.1 Å². The fraction of sp³-hybridized carbons (Fsp3) is 0.0714. The van der Waals surface area contributed by atoms with Crippen molar-refractivity contribution in [3.63, 3.8) is 0 Å². The first kappa shape index (κ1) is 13.2. The summed E-state index contributed by atoms with van der Waals surface area (Å²) in [6.45, 7) is 0. The molecule has 0 bridgehead atoms. The number of thioether (sulfide) groups is 1. The van der Waals surface area contributed by atoms with Gasteiger partial charge < -0.3 is 4.57 Å². The van der Waals surface area contributed by atoms with Crippen LogP contribution in [-0.2, 0) is 5.88 Å². The Morgan fingerprint density at radius 3 is 2.63 bits per heavy atom. The molecule has 19 heavy (non-hydrogen) atoms. The maximum Gasteiger partial charge on any atom is 0.162 e. The molecule has 2 aromatic carbocycles. The SMILES string of the molecule is S=c1sc2ccccc2n1CSc1ccc(Cl)cc1. The van der Waals surface area contributed by atoms with E-state index in [1.807, 2.05) is 36.4 Å². The third-order valence-corrected chi connectivity index (χ3v) is 5.42. The van der Waals surface area contributed by atoms with Gasteiger partial charge in [0.1, 0.15) is 0 Å². The van der Waals surface area contributed by atoms with Gasteiger partial charge in [0.2, 0.25) is 0 Å². The summed E-state index contributed by atoms with van der Waals surface area (Å²) in [4.78, 5) is 1.20. The molecule has 0 radical (unpaired) electrons. The molecule has 0 fully saturated rings. The van der Waals surface area contributed by atoms with Crippen LogP contribution in [0.25, 0.3) is 10.2 Å². The van der Waals surface area contributed by atoms with Crippen molar-refractivity contribution >= 4 is 57.1 Å². The zero-order chi connectivity index (χ0) is 13.2. The predicted molar refractivity (Wildman–Crippen MR) is 88.0 cm³/mol. The van der Waals surface area contributed by atoms with Gasteiger partial charge in [0.25, 0.3) is 0 Å². The Morgan fingerprint density at radius 1 is 1.11 bits per heavy atom. The van der Waals surface area contributed by atoms with E-state index in [4.69, 9.17) is 23.8 Å². The van der Waals surface area contributed by atoms with Gasteiger partial charge in [-0.15, -0.1) is 23.1 Å². The lowest BCUT2D eigenvalue weighted by Gasteiger charge is -2.05. The number of nitrogens with zero attached hydrogens (tertiary/aromatic N) is 1. The van der Waals surface area contributed by atoms with Gasteiger partial charge in [0.05, 0.1) is 16.1 Å². The summed E-state index contributed by atoms with van der Waals surface area (Å²) in [5, 5.41) is 0.766. The standard InChI is InChI=1S/C14H10ClNS3/c15-10-5-7-11(8-6-10)18-9-16-12-3-1-2-4-13(12)19-14(16)17/h1-8H,9H2. The minimum Gasteiger partial charge on any atom is -0.313 e. The molecule has 3 rings (SSSR count). The molecular formula is C14H10ClNS3. The molecule has 1 heterocycles. The van der Waals surface area contributed by atoms with Crippen LogP contribution in [0.15, 0.2) is 53.4 Å².